The Morgan fingerprint density at radius 3 is 2.61 bits per heavy atom. The second kappa shape index (κ2) is 11.7. The van der Waals surface area contributed by atoms with E-state index in [1.54, 1.807) is 48.5 Å². The first-order valence-corrected chi connectivity index (χ1v) is 14.4. The van der Waals surface area contributed by atoms with Crippen LogP contribution in [0.1, 0.15) is 18.9 Å². The Bertz CT molecular complexity index is 1640. The van der Waals surface area contributed by atoms with Gasteiger partial charge in [0.2, 0.25) is 27.7 Å². The summed E-state index contributed by atoms with van der Waals surface area (Å²) in [6.45, 7) is 2.33. The van der Waals surface area contributed by atoms with Gasteiger partial charge in [0.05, 0.1) is 22.7 Å². The fraction of sp³-hybridized carbons (Fsp3) is 0.250. The van der Waals surface area contributed by atoms with Crippen LogP contribution in [0.3, 0.4) is 0 Å². The minimum Gasteiger partial charge on any atom is -0.435 e. The number of benzene rings is 2. The molecular weight excluding hydrogens is 557 g/mol. The Labute approximate surface area is 235 Å². The topological polar surface area (TPSA) is 118 Å². The number of halogens is 3. The molecule has 214 valence electrons. The van der Waals surface area contributed by atoms with Crippen LogP contribution in [0.15, 0.2) is 73.1 Å². The number of pyridine rings is 1. The van der Waals surface area contributed by atoms with E-state index in [0.29, 0.717) is 23.4 Å². The van der Waals surface area contributed by atoms with E-state index in [4.69, 9.17) is 4.74 Å². The standard InChI is InChI=1S/C28H27F3N6O3S/c1-28(31)14-19(15-32-17-28)35-27-34-13-11-21(36-27)20-8-5-12-33-26(20)40-23-10-9-22(24(29)25(23)30)37-41(38,39)16-18-6-3-2-4-7-18/h2-13,19,32,37H,14-17H2,1H3,(H,34,35,36)/t19-,28-/m0/s1. The number of hydrogen-bond acceptors (Lipinski definition) is 8. The van der Waals surface area contributed by atoms with Crippen molar-refractivity contribution in [2.24, 2.45) is 0 Å². The third kappa shape index (κ3) is 7.11. The van der Waals surface area contributed by atoms with E-state index in [9.17, 15) is 17.2 Å². The Morgan fingerprint density at radius 1 is 1.02 bits per heavy atom. The molecule has 2 atom stereocenters. The number of rotatable bonds is 9. The fourth-order valence-corrected chi connectivity index (χ4v) is 5.68. The smallest absolute Gasteiger partial charge is 0.237 e. The van der Waals surface area contributed by atoms with Gasteiger partial charge < -0.3 is 15.4 Å². The van der Waals surface area contributed by atoms with E-state index in [-0.39, 0.29) is 30.8 Å². The predicted octanol–water partition coefficient (Wildman–Crippen LogP) is 5.05. The lowest BCUT2D eigenvalue weighted by Crippen LogP contribution is -2.50. The fourth-order valence-electron chi connectivity index (χ4n) is 4.49. The summed E-state index contributed by atoms with van der Waals surface area (Å²) >= 11 is 0. The molecule has 2 aromatic carbocycles. The van der Waals surface area contributed by atoms with Gasteiger partial charge in [-0.25, -0.2) is 32.2 Å². The zero-order chi connectivity index (χ0) is 29.0. The van der Waals surface area contributed by atoms with Crippen LogP contribution >= 0.6 is 0 Å². The molecule has 0 aliphatic carbocycles. The summed E-state index contributed by atoms with van der Waals surface area (Å²) in [4.78, 5) is 12.8. The number of alkyl halides is 1. The van der Waals surface area contributed by atoms with E-state index >= 15 is 4.39 Å². The summed E-state index contributed by atoms with van der Waals surface area (Å²) in [6.07, 6.45) is 3.19. The molecule has 1 fully saturated rings. The van der Waals surface area contributed by atoms with Gasteiger partial charge in [0.25, 0.3) is 0 Å². The van der Waals surface area contributed by atoms with Crippen LogP contribution in [-0.4, -0.2) is 48.2 Å². The molecule has 0 bridgehead atoms. The second-order valence-electron chi connectivity index (χ2n) is 9.90. The monoisotopic (exact) mass is 584 g/mol. The average Bonchev–Trinajstić information content (AvgIpc) is 2.93. The number of anilines is 2. The Morgan fingerprint density at radius 2 is 1.83 bits per heavy atom. The average molecular weight is 585 g/mol. The van der Waals surface area contributed by atoms with Gasteiger partial charge >= 0.3 is 0 Å². The van der Waals surface area contributed by atoms with E-state index < -0.39 is 44.5 Å². The van der Waals surface area contributed by atoms with Crippen molar-refractivity contribution in [3.63, 3.8) is 0 Å². The number of aromatic nitrogens is 3. The first kappa shape index (κ1) is 28.3. The number of nitrogens with zero attached hydrogens (tertiary/aromatic N) is 3. The number of piperidine rings is 1. The first-order valence-electron chi connectivity index (χ1n) is 12.7. The number of hydrogen-bond donors (Lipinski definition) is 3. The Balaban J connectivity index is 1.34. The highest BCUT2D eigenvalue weighted by Gasteiger charge is 2.32. The molecule has 0 unspecified atom stereocenters. The van der Waals surface area contributed by atoms with Gasteiger partial charge in [-0.3, -0.25) is 4.72 Å². The summed E-state index contributed by atoms with van der Waals surface area (Å²) in [6, 6.07) is 15.1. The summed E-state index contributed by atoms with van der Waals surface area (Å²) in [7, 11) is -4.02. The van der Waals surface area contributed by atoms with Gasteiger partial charge in [0, 0.05) is 37.9 Å². The normalized spacial score (nSPS) is 19.0. The van der Waals surface area contributed by atoms with Crippen molar-refractivity contribution in [3.05, 3.63) is 90.3 Å². The molecule has 5 rings (SSSR count). The van der Waals surface area contributed by atoms with Crippen molar-refractivity contribution >= 4 is 21.7 Å². The molecule has 1 aliphatic rings. The molecule has 0 saturated carbocycles. The molecule has 0 spiro atoms. The van der Waals surface area contributed by atoms with E-state index in [0.717, 1.165) is 12.1 Å². The molecule has 13 heteroatoms. The van der Waals surface area contributed by atoms with Crippen LogP contribution in [0.2, 0.25) is 0 Å². The molecule has 3 N–H and O–H groups in total. The van der Waals surface area contributed by atoms with Crippen LogP contribution in [-0.2, 0) is 15.8 Å². The Hall–Kier alpha value is -4.23. The molecule has 1 aliphatic heterocycles. The van der Waals surface area contributed by atoms with Gasteiger partial charge in [-0.2, -0.15) is 4.39 Å². The van der Waals surface area contributed by atoms with Crippen molar-refractivity contribution in [2.45, 2.75) is 30.8 Å². The zero-order valence-corrected chi connectivity index (χ0v) is 22.8. The largest absolute Gasteiger partial charge is 0.435 e. The van der Waals surface area contributed by atoms with Crippen molar-refractivity contribution in [1.82, 2.24) is 20.3 Å². The van der Waals surface area contributed by atoms with Crippen LogP contribution in [0.4, 0.5) is 24.8 Å². The maximum atomic E-state index is 15.0. The van der Waals surface area contributed by atoms with Crippen molar-refractivity contribution in [1.29, 1.82) is 0 Å². The van der Waals surface area contributed by atoms with Crippen molar-refractivity contribution in [3.8, 4) is 22.9 Å². The molecular formula is C28H27F3N6O3S. The molecule has 4 aromatic rings. The number of sulfonamides is 1. The third-order valence-electron chi connectivity index (χ3n) is 6.31. The van der Waals surface area contributed by atoms with Crippen molar-refractivity contribution < 1.29 is 26.3 Å². The molecule has 41 heavy (non-hydrogen) atoms. The highest BCUT2D eigenvalue weighted by molar-refractivity contribution is 7.91. The van der Waals surface area contributed by atoms with Crippen LogP contribution in [0.25, 0.3) is 11.3 Å². The summed E-state index contributed by atoms with van der Waals surface area (Å²) in [5.74, 6) is -3.55. The highest BCUT2D eigenvalue weighted by atomic mass is 32.2. The second-order valence-corrected chi connectivity index (χ2v) is 11.6. The van der Waals surface area contributed by atoms with Crippen LogP contribution in [0.5, 0.6) is 11.6 Å². The van der Waals surface area contributed by atoms with Crippen LogP contribution < -0.4 is 20.1 Å². The number of nitrogens with one attached hydrogen (secondary N) is 3. The predicted molar refractivity (Wildman–Crippen MR) is 149 cm³/mol. The van der Waals surface area contributed by atoms with Crippen molar-refractivity contribution in [2.75, 3.05) is 23.1 Å². The van der Waals surface area contributed by atoms with Gasteiger partial charge in [-0.1, -0.05) is 30.3 Å². The first-order chi connectivity index (χ1) is 19.6. The lowest BCUT2D eigenvalue weighted by molar-refractivity contribution is 0.137. The lowest BCUT2D eigenvalue weighted by Gasteiger charge is -2.33. The number of ether oxygens (including phenoxy) is 1. The molecule has 9 nitrogen and oxygen atoms in total. The zero-order valence-electron chi connectivity index (χ0n) is 21.9. The quantitative estimate of drug-likeness (QED) is 0.250. The lowest BCUT2D eigenvalue weighted by atomic mass is 9.95. The molecule has 0 amide bonds. The minimum atomic E-state index is -4.02. The van der Waals surface area contributed by atoms with Gasteiger partial charge in [-0.05, 0) is 42.8 Å². The summed E-state index contributed by atoms with van der Waals surface area (Å²) < 4.78 is 77.1. The van der Waals surface area contributed by atoms with Gasteiger partial charge in [-0.15, -0.1) is 0 Å². The molecule has 2 aromatic heterocycles. The SMILES string of the molecule is C[C@@]1(F)CNC[C@@H](Nc2nccc(-c3cccnc3Oc3ccc(NS(=O)(=O)Cc4ccccc4)c(F)c3F)n2)C1. The van der Waals surface area contributed by atoms with E-state index in [1.807, 2.05) is 0 Å². The minimum absolute atomic E-state index is 0.0662. The van der Waals surface area contributed by atoms with Gasteiger partial charge in [0.15, 0.2) is 11.6 Å². The third-order valence-corrected chi connectivity index (χ3v) is 7.56. The van der Waals surface area contributed by atoms with Crippen LogP contribution in [0, 0.1) is 11.6 Å². The Kier molecular flexibility index (Phi) is 8.08. The summed E-state index contributed by atoms with van der Waals surface area (Å²) in [5, 5.41) is 6.16. The van der Waals surface area contributed by atoms with E-state index in [1.165, 1.54) is 19.3 Å². The maximum Gasteiger partial charge on any atom is 0.237 e. The van der Waals surface area contributed by atoms with Gasteiger partial charge in [0.1, 0.15) is 5.67 Å². The highest BCUT2D eigenvalue weighted by Crippen LogP contribution is 2.34. The molecule has 1 saturated heterocycles. The molecule has 3 heterocycles. The summed E-state index contributed by atoms with van der Waals surface area (Å²) in [5.41, 5.74) is -0.692. The maximum absolute atomic E-state index is 15.0. The molecule has 0 radical (unpaired) electrons. The van der Waals surface area contributed by atoms with E-state index in [2.05, 4.69) is 30.3 Å².